The van der Waals surface area contributed by atoms with E-state index in [1.54, 1.807) is 13.1 Å². The van der Waals surface area contributed by atoms with Crippen molar-refractivity contribution in [1.82, 2.24) is 16.0 Å². The Morgan fingerprint density at radius 2 is 1.88 bits per heavy atom. The predicted octanol–water partition coefficient (Wildman–Crippen LogP) is 2.07. The first-order valence-corrected chi connectivity index (χ1v) is 8.35. The van der Waals surface area contributed by atoms with Gasteiger partial charge in [0.15, 0.2) is 17.5 Å². The Balaban J connectivity index is 1.94. The zero-order chi connectivity index (χ0) is 19.2. The Morgan fingerprint density at radius 1 is 1.19 bits per heavy atom. The number of benzene rings is 1. The van der Waals surface area contributed by atoms with Crippen molar-refractivity contribution in [3.63, 3.8) is 0 Å². The highest BCUT2D eigenvalue weighted by atomic mass is 19.3. The molecule has 0 spiro atoms. The molecular weight excluding hydrogens is 346 g/mol. The van der Waals surface area contributed by atoms with Crippen LogP contribution in [0.5, 0.6) is 17.2 Å². The van der Waals surface area contributed by atoms with Crippen molar-refractivity contribution in [2.24, 2.45) is 4.99 Å². The zero-order valence-electron chi connectivity index (χ0n) is 15.5. The number of rotatable bonds is 7. The molecule has 0 bridgehead atoms. The van der Waals surface area contributed by atoms with E-state index in [1.807, 2.05) is 0 Å². The Kier molecular flexibility index (Phi) is 6.84. The third-order valence-electron chi connectivity index (χ3n) is 3.51. The van der Waals surface area contributed by atoms with E-state index in [-0.39, 0.29) is 24.6 Å². The highest BCUT2D eigenvalue weighted by molar-refractivity contribution is 5.79. The van der Waals surface area contributed by atoms with Crippen LogP contribution < -0.4 is 30.2 Å². The van der Waals surface area contributed by atoms with Gasteiger partial charge in [0.05, 0.1) is 0 Å². The molecule has 1 heterocycles. The Labute approximate surface area is 152 Å². The van der Waals surface area contributed by atoms with Crippen molar-refractivity contribution in [2.75, 3.05) is 26.9 Å². The number of aliphatic imine (C=N–C) groups is 1. The minimum absolute atomic E-state index is 0.0344. The summed E-state index contributed by atoms with van der Waals surface area (Å²) in [6.07, 6.45) is 0. The van der Waals surface area contributed by atoms with Gasteiger partial charge in [0.2, 0.25) is 6.79 Å². The van der Waals surface area contributed by atoms with E-state index in [0.717, 1.165) is 6.54 Å². The van der Waals surface area contributed by atoms with Crippen LogP contribution in [0.4, 0.5) is 8.78 Å². The summed E-state index contributed by atoms with van der Waals surface area (Å²) in [5.41, 5.74) is 0.553. The van der Waals surface area contributed by atoms with Gasteiger partial charge in [-0.25, -0.2) is 0 Å². The molecule has 0 amide bonds. The van der Waals surface area contributed by atoms with E-state index in [4.69, 9.17) is 9.47 Å². The molecule has 0 aliphatic carbocycles. The van der Waals surface area contributed by atoms with Crippen molar-refractivity contribution in [2.45, 2.75) is 39.5 Å². The molecule has 0 saturated heterocycles. The van der Waals surface area contributed by atoms with Gasteiger partial charge < -0.3 is 30.2 Å². The van der Waals surface area contributed by atoms with Gasteiger partial charge in [0.25, 0.3) is 0 Å². The lowest BCUT2D eigenvalue weighted by Gasteiger charge is -2.21. The Hall–Kier alpha value is -2.29. The van der Waals surface area contributed by atoms with E-state index < -0.39 is 6.61 Å². The molecule has 26 heavy (non-hydrogen) atoms. The number of ether oxygens (including phenoxy) is 3. The average Bonchev–Trinajstić information content (AvgIpc) is 2.99. The van der Waals surface area contributed by atoms with Gasteiger partial charge in [-0.05, 0) is 26.8 Å². The first-order valence-electron chi connectivity index (χ1n) is 8.35. The third kappa shape index (κ3) is 6.21. The fourth-order valence-corrected chi connectivity index (χ4v) is 2.33. The maximum atomic E-state index is 12.7. The van der Waals surface area contributed by atoms with E-state index >= 15 is 0 Å². The lowest BCUT2D eigenvalue weighted by molar-refractivity contribution is -0.0505. The summed E-state index contributed by atoms with van der Waals surface area (Å²) in [5.74, 6) is 1.49. The van der Waals surface area contributed by atoms with Crippen LogP contribution in [0.3, 0.4) is 0 Å². The van der Waals surface area contributed by atoms with Gasteiger partial charge in [-0.15, -0.1) is 0 Å². The second kappa shape index (κ2) is 8.88. The fourth-order valence-electron chi connectivity index (χ4n) is 2.33. The van der Waals surface area contributed by atoms with Gasteiger partial charge in [0, 0.05) is 43.9 Å². The molecule has 0 radical (unpaired) electrons. The topological polar surface area (TPSA) is 76.1 Å². The maximum absolute atomic E-state index is 12.7. The van der Waals surface area contributed by atoms with E-state index in [0.29, 0.717) is 29.6 Å². The van der Waals surface area contributed by atoms with Crippen LogP contribution in [0.1, 0.15) is 26.3 Å². The van der Waals surface area contributed by atoms with E-state index in [9.17, 15) is 8.78 Å². The number of halogens is 2. The van der Waals surface area contributed by atoms with Gasteiger partial charge in [-0.2, -0.15) is 8.78 Å². The smallest absolute Gasteiger partial charge is 0.387 e. The van der Waals surface area contributed by atoms with Gasteiger partial charge in [0.1, 0.15) is 5.75 Å². The average molecular weight is 372 g/mol. The van der Waals surface area contributed by atoms with Crippen LogP contribution in [-0.4, -0.2) is 45.0 Å². The highest BCUT2D eigenvalue weighted by Crippen LogP contribution is 2.38. The number of guanidine groups is 1. The van der Waals surface area contributed by atoms with Crippen molar-refractivity contribution >= 4 is 5.96 Å². The molecule has 0 saturated carbocycles. The number of fused-ring (bicyclic) bond motifs is 1. The molecule has 0 atom stereocenters. The van der Waals surface area contributed by atoms with E-state index in [1.165, 1.54) is 6.07 Å². The molecule has 0 aromatic heterocycles. The summed E-state index contributed by atoms with van der Waals surface area (Å²) in [7, 11) is 1.64. The number of nitrogens with zero attached hydrogens (tertiary/aromatic N) is 1. The molecule has 0 fully saturated rings. The molecule has 9 heteroatoms. The molecule has 1 aliphatic heterocycles. The van der Waals surface area contributed by atoms with Crippen molar-refractivity contribution in [3.8, 4) is 17.2 Å². The van der Waals surface area contributed by atoms with Crippen molar-refractivity contribution in [1.29, 1.82) is 0 Å². The van der Waals surface area contributed by atoms with Crippen LogP contribution in [0.25, 0.3) is 0 Å². The Morgan fingerprint density at radius 3 is 2.50 bits per heavy atom. The summed E-state index contributed by atoms with van der Waals surface area (Å²) >= 11 is 0. The van der Waals surface area contributed by atoms with Crippen molar-refractivity contribution < 1.29 is 23.0 Å². The fraction of sp³-hybridized carbons (Fsp3) is 0.588. The molecule has 0 unspecified atom stereocenters. The molecular formula is C17H26F2N4O3. The molecule has 1 aliphatic rings. The normalized spacial score (nSPS) is 13.9. The maximum Gasteiger partial charge on any atom is 0.387 e. The molecule has 146 valence electrons. The number of alkyl halides is 2. The summed E-state index contributed by atoms with van der Waals surface area (Å²) in [5, 5.41) is 9.59. The standard InChI is InChI=1S/C17H26F2N4O3/c1-17(2,3)23-6-5-21-16(20-4)22-9-11-7-13-14(25-10-24-13)8-12(11)26-15(18)19/h7-8,15,23H,5-6,9-10H2,1-4H3,(H2,20,21,22). The van der Waals surface area contributed by atoms with Crippen LogP contribution in [0.2, 0.25) is 0 Å². The van der Waals surface area contributed by atoms with Crippen LogP contribution in [0.15, 0.2) is 17.1 Å². The van der Waals surface area contributed by atoms with Crippen LogP contribution >= 0.6 is 0 Å². The second-order valence-corrected chi connectivity index (χ2v) is 6.72. The third-order valence-corrected chi connectivity index (χ3v) is 3.51. The molecule has 1 aromatic carbocycles. The second-order valence-electron chi connectivity index (χ2n) is 6.72. The molecule has 3 N–H and O–H groups in total. The van der Waals surface area contributed by atoms with Gasteiger partial charge in [-0.3, -0.25) is 4.99 Å². The largest absolute Gasteiger partial charge is 0.454 e. The van der Waals surface area contributed by atoms with Gasteiger partial charge in [-0.1, -0.05) is 0 Å². The summed E-state index contributed by atoms with van der Waals surface area (Å²) in [4.78, 5) is 4.12. The summed E-state index contributed by atoms with van der Waals surface area (Å²) in [6, 6.07) is 3.04. The zero-order valence-corrected chi connectivity index (χ0v) is 15.5. The minimum atomic E-state index is -2.92. The molecule has 7 nitrogen and oxygen atoms in total. The first kappa shape index (κ1) is 20.0. The van der Waals surface area contributed by atoms with Crippen LogP contribution in [0, 0.1) is 0 Å². The monoisotopic (exact) mass is 372 g/mol. The molecule has 2 rings (SSSR count). The number of hydrogen-bond acceptors (Lipinski definition) is 5. The van der Waals surface area contributed by atoms with E-state index in [2.05, 4.69) is 46.5 Å². The van der Waals surface area contributed by atoms with Crippen molar-refractivity contribution in [3.05, 3.63) is 17.7 Å². The summed E-state index contributed by atoms with van der Waals surface area (Å²) in [6.45, 7) is 5.07. The lowest BCUT2D eigenvalue weighted by atomic mass is 10.1. The minimum Gasteiger partial charge on any atom is -0.454 e. The lowest BCUT2D eigenvalue weighted by Crippen LogP contribution is -2.44. The summed E-state index contributed by atoms with van der Waals surface area (Å²) < 4.78 is 40.4. The predicted molar refractivity (Wildman–Crippen MR) is 95.2 cm³/mol. The first-order chi connectivity index (χ1) is 12.3. The van der Waals surface area contributed by atoms with Crippen LogP contribution in [-0.2, 0) is 6.54 Å². The number of hydrogen-bond donors (Lipinski definition) is 3. The Bertz CT molecular complexity index is 633. The quantitative estimate of drug-likeness (QED) is 0.387. The van der Waals surface area contributed by atoms with Gasteiger partial charge >= 0.3 is 6.61 Å². The highest BCUT2D eigenvalue weighted by Gasteiger charge is 2.20. The SMILES string of the molecule is CN=C(NCCNC(C)(C)C)NCc1cc2c(cc1OC(F)F)OCO2. The molecule has 1 aromatic rings. The number of nitrogens with one attached hydrogen (secondary N) is 3.